The molecule has 0 saturated carbocycles. The lowest BCUT2D eigenvalue weighted by atomic mass is 9.85. The lowest BCUT2D eigenvalue weighted by Crippen LogP contribution is -2.49. The fourth-order valence-electron chi connectivity index (χ4n) is 3.74. The highest BCUT2D eigenvalue weighted by Gasteiger charge is 2.49. The van der Waals surface area contributed by atoms with Gasteiger partial charge in [-0.3, -0.25) is 4.79 Å². The third-order valence-corrected chi connectivity index (χ3v) is 5.07. The molecule has 1 aromatic heterocycles. The minimum absolute atomic E-state index is 0.00422. The summed E-state index contributed by atoms with van der Waals surface area (Å²) in [6.45, 7) is 4.84. The van der Waals surface area contributed by atoms with Crippen LogP contribution >= 0.6 is 11.6 Å². The van der Waals surface area contributed by atoms with Crippen LogP contribution in [0.3, 0.4) is 0 Å². The molecule has 0 fully saturated rings. The standard InChI is InChI=1S/C19H21ClN4O/c1-13(2)11-23(3)18(25)19(7-6-15-10-22-12-24(15)19)16-5-4-14(9-21)8-17(16)20/h4-5,8,10,12-13H,6-7,11H2,1-3H3. The van der Waals surface area contributed by atoms with E-state index in [9.17, 15) is 4.79 Å². The van der Waals surface area contributed by atoms with E-state index in [0.29, 0.717) is 29.5 Å². The molecule has 2 aromatic rings. The van der Waals surface area contributed by atoms with E-state index in [0.717, 1.165) is 17.7 Å². The van der Waals surface area contributed by atoms with E-state index >= 15 is 0 Å². The number of hydrogen-bond acceptors (Lipinski definition) is 3. The number of likely N-dealkylation sites (N-methyl/N-ethyl adjacent to an activating group) is 1. The van der Waals surface area contributed by atoms with Crippen LogP contribution in [0.2, 0.25) is 5.02 Å². The molecule has 0 radical (unpaired) electrons. The van der Waals surface area contributed by atoms with Gasteiger partial charge in [0.05, 0.1) is 18.0 Å². The summed E-state index contributed by atoms with van der Waals surface area (Å²) < 4.78 is 1.94. The Labute approximate surface area is 152 Å². The molecular formula is C19H21ClN4O. The quantitative estimate of drug-likeness (QED) is 0.845. The Balaban J connectivity index is 2.16. The van der Waals surface area contributed by atoms with Crippen LogP contribution in [0, 0.1) is 17.2 Å². The smallest absolute Gasteiger partial charge is 0.253 e. The lowest BCUT2D eigenvalue weighted by molar-refractivity contribution is -0.137. The van der Waals surface area contributed by atoms with Crippen LogP contribution in [0.15, 0.2) is 30.7 Å². The Hall–Kier alpha value is -2.32. The number of amides is 1. The van der Waals surface area contributed by atoms with E-state index < -0.39 is 5.54 Å². The van der Waals surface area contributed by atoms with Crippen molar-refractivity contribution in [3.63, 3.8) is 0 Å². The van der Waals surface area contributed by atoms with E-state index in [2.05, 4.69) is 24.9 Å². The zero-order valence-electron chi connectivity index (χ0n) is 14.7. The van der Waals surface area contributed by atoms with Gasteiger partial charge in [-0.05, 0) is 30.9 Å². The van der Waals surface area contributed by atoms with Crippen LogP contribution in [0.4, 0.5) is 0 Å². The summed E-state index contributed by atoms with van der Waals surface area (Å²) in [4.78, 5) is 19.5. The highest BCUT2D eigenvalue weighted by atomic mass is 35.5. The molecule has 130 valence electrons. The van der Waals surface area contributed by atoms with Crippen LogP contribution in [0.5, 0.6) is 0 Å². The third-order valence-electron chi connectivity index (χ3n) is 4.75. The first kappa shape index (κ1) is 17.5. The largest absolute Gasteiger partial charge is 0.343 e. The van der Waals surface area contributed by atoms with Crippen molar-refractivity contribution in [3.8, 4) is 6.07 Å². The van der Waals surface area contributed by atoms with Crippen molar-refractivity contribution in [2.45, 2.75) is 32.2 Å². The molecule has 1 aliphatic heterocycles. The maximum Gasteiger partial charge on any atom is 0.253 e. The van der Waals surface area contributed by atoms with Gasteiger partial charge in [-0.2, -0.15) is 5.26 Å². The number of nitrogens with zero attached hydrogens (tertiary/aromatic N) is 4. The van der Waals surface area contributed by atoms with Crippen LogP contribution in [0.1, 0.15) is 37.1 Å². The Morgan fingerprint density at radius 3 is 2.92 bits per heavy atom. The van der Waals surface area contributed by atoms with Gasteiger partial charge in [0.1, 0.15) is 0 Å². The number of fused-ring (bicyclic) bond motifs is 1. The number of aromatic nitrogens is 2. The van der Waals surface area contributed by atoms with E-state index in [1.807, 2.05) is 11.6 Å². The van der Waals surface area contributed by atoms with Crippen LogP contribution in [0.25, 0.3) is 0 Å². The zero-order chi connectivity index (χ0) is 18.2. The summed E-state index contributed by atoms with van der Waals surface area (Å²) in [5.41, 5.74) is 1.33. The first-order valence-corrected chi connectivity index (χ1v) is 8.75. The van der Waals surface area contributed by atoms with Gasteiger partial charge in [0.15, 0.2) is 5.54 Å². The number of benzene rings is 1. The van der Waals surface area contributed by atoms with E-state index in [1.165, 1.54) is 0 Å². The number of carbonyl (C=O) groups excluding carboxylic acids is 1. The molecule has 5 nitrogen and oxygen atoms in total. The van der Waals surface area contributed by atoms with Gasteiger partial charge >= 0.3 is 0 Å². The second-order valence-corrected chi connectivity index (χ2v) is 7.41. The number of aryl methyl sites for hydroxylation is 1. The van der Waals surface area contributed by atoms with E-state index in [1.54, 1.807) is 35.6 Å². The van der Waals surface area contributed by atoms with E-state index in [-0.39, 0.29) is 5.91 Å². The van der Waals surface area contributed by atoms with Crippen molar-refractivity contribution in [2.75, 3.05) is 13.6 Å². The monoisotopic (exact) mass is 356 g/mol. The summed E-state index contributed by atoms with van der Waals surface area (Å²) in [6.07, 6.45) is 4.91. The van der Waals surface area contributed by atoms with Crippen molar-refractivity contribution in [1.29, 1.82) is 5.26 Å². The van der Waals surface area contributed by atoms with Crippen molar-refractivity contribution < 1.29 is 4.79 Å². The molecule has 0 N–H and O–H groups in total. The summed E-state index contributed by atoms with van der Waals surface area (Å²) in [5, 5.41) is 9.54. The second kappa shape index (κ2) is 6.53. The Kier molecular flexibility index (Phi) is 4.57. The van der Waals surface area contributed by atoms with Crippen molar-refractivity contribution in [1.82, 2.24) is 14.5 Å². The lowest BCUT2D eigenvalue weighted by Gasteiger charge is -2.35. The van der Waals surface area contributed by atoms with E-state index in [4.69, 9.17) is 16.9 Å². The van der Waals surface area contributed by atoms with Gasteiger partial charge in [-0.1, -0.05) is 31.5 Å². The average Bonchev–Trinajstić information content (AvgIpc) is 3.16. The molecule has 1 amide bonds. The molecule has 0 spiro atoms. The number of imidazole rings is 1. The van der Waals surface area contributed by atoms with Crippen LogP contribution < -0.4 is 0 Å². The molecule has 1 aliphatic rings. The van der Waals surface area contributed by atoms with Crippen molar-refractivity contribution in [3.05, 3.63) is 52.6 Å². The fraction of sp³-hybridized carbons (Fsp3) is 0.421. The molecule has 25 heavy (non-hydrogen) atoms. The molecule has 2 heterocycles. The molecule has 3 rings (SSSR count). The number of nitriles is 1. The summed E-state index contributed by atoms with van der Waals surface area (Å²) in [7, 11) is 1.83. The van der Waals surface area contributed by atoms with Crippen LogP contribution in [-0.4, -0.2) is 34.0 Å². The normalized spacial score (nSPS) is 18.9. The summed E-state index contributed by atoms with van der Waals surface area (Å²) >= 11 is 6.51. The van der Waals surface area contributed by atoms with Gasteiger partial charge in [0, 0.05) is 36.1 Å². The van der Waals surface area contributed by atoms with Gasteiger partial charge in [0.2, 0.25) is 0 Å². The Morgan fingerprint density at radius 2 is 2.28 bits per heavy atom. The van der Waals surface area contributed by atoms with Crippen molar-refractivity contribution >= 4 is 17.5 Å². The summed E-state index contributed by atoms with van der Waals surface area (Å²) in [5.74, 6) is 0.371. The topological polar surface area (TPSA) is 61.9 Å². The van der Waals surface area contributed by atoms with Gasteiger partial charge in [0.25, 0.3) is 5.91 Å². The number of hydrogen-bond donors (Lipinski definition) is 0. The summed E-state index contributed by atoms with van der Waals surface area (Å²) in [6, 6.07) is 7.24. The minimum atomic E-state index is -0.902. The first-order chi connectivity index (χ1) is 11.9. The van der Waals surface area contributed by atoms with Gasteiger partial charge in [-0.25, -0.2) is 4.98 Å². The molecule has 6 heteroatoms. The fourth-order valence-corrected chi connectivity index (χ4v) is 4.07. The molecule has 1 unspecified atom stereocenters. The molecule has 1 atom stereocenters. The SMILES string of the molecule is CC(C)CN(C)C(=O)C1(c2ccc(C#N)cc2Cl)CCc2cncn21. The maximum atomic E-state index is 13.5. The van der Waals surface area contributed by atoms with Gasteiger partial charge < -0.3 is 9.47 Å². The predicted molar refractivity (Wildman–Crippen MR) is 96.3 cm³/mol. The van der Waals surface area contributed by atoms with Crippen LogP contribution in [-0.2, 0) is 16.8 Å². The first-order valence-electron chi connectivity index (χ1n) is 8.37. The molecule has 1 aromatic carbocycles. The third kappa shape index (κ3) is 2.81. The highest BCUT2D eigenvalue weighted by Crippen LogP contribution is 2.42. The Bertz CT molecular complexity index is 851. The number of rotatable bonds is 4. The number of halogens is 1. The average molecular weight is 357 g/mol. The molecule has 0 saturated heterocycles. The highest BCUT2D eigenvalue weighted by molar-refractivity contribution is 6.32. The predicted octanol–water partition coefficient (Wildman–Crippen LogP) is 3.21. The van der Waals surface area contributed by atoms with Crippen molar-refractivity contribution in [2.24, 2.45) is 5.92 Å². The Morgan fingerprint density at radius 1 is 1.52 bits per heavy atom. The molecule has 0 aliphatic carbocycles. The molecular weight excluding hydrogens is 336 g/mol. The second-order valence-electron chi connectivity index (χ2n) is 7.00. The number of carbonyl (C=O) groups is 1. The zero-order valence-corrected chi connectivity index (χ0v) is 15.4. The molecule has 0 bridgehead atoms. The maximum absolute atomic E-state index is 13.5. The minimum Gasteiger partial charge on any atom is -0.343 e. The van der Waals surface area contributed by atoms with Gasteiger partial charge in [-0.15, -0.1) is 0 Å².